The van der Waals surface area contributed by atoms with Crippen LogP contribution in [-0.4, -0.2) is 35.5 Å². The predicted molar refractivity (Wildman–Crippen MR) is 68.0 cm³/mol. The summed E-state index contributed by atoms with van der Waals surface area (Å²) in [6, 6.07) is 0. The standard InChI is InChI=1S/C12H23NO2.CH2O/c1-11(2,3)15-10(14)13-9-7-6-8-12(13,4)5;1-2/h6-9H2,1-5H3;1H2. The van der Waals surface area contributed by atoms with Crippen molar-refractivity contribution >= 4 is 12.9 Å². The van der Waals surface area contributed by atoms with E-state index >= 15 is 0 Å². The lowest BCUT2D eigenvalue weighted by Gasteiger charge is -2.42. The minimum absolute atomic E-state index is 0.0550. The second kappa shape index (κ2) is 6.03. The van der Waals surface area contributed by atoms with E-state index in [9.17, 15) is 4.79 Å². The molecule has 1 amide bonds. The largest absolute Gasteiger partial charge is 0.444 e. The molecule has 1 aliphatic rings. The lowest BCUT2D eigenvalue weighted by molar-refractivity contribution is -0.0980. The Balaban J connectivity index is 0.00000121. The van der Waals surface area contributed by atoms with Crippen LogP contribution >= 0.6 is 0 Å². The smallest absolute Gasteiger partial charge is 0.410 e. The van der Waals surface area contributed by atoms with Crippen LogP contribution in [0.3, 0.4) is 0 Å². The van der Waals surface area contributed by atoms with Gasteiger partial charge in [-0.1, -0.05) is 0 Å². The summed E-state index contributed by atoms with van der Waals surface area (Å²) >= 11 is 0. The average Bonchev–Trinajstić information content (AvgIpc) is 2.17. The Bertz CT molecular complexity index is 256. The zero-order chi connectivity index (χ0) is 13.7. The molecule has 1 aliphatic heterocycles. The Morgan fingerprint density at radius 3 is 2.18 bits per heavy atom. The monoisotopic (exact) mass is 243 g/mol. The van der Waals surface area contributed by atoms with Crippen LogP contribution in [-0.2, 0) is 9.53 Å². The number of rotatable bonds is 0. The quantitative estimate of drug-likeness (QED) is 0.657. The van der Waals surface area contributed by atoms with Crippen molar-refractivity contribution in [2.45, 2.75) is 65.0 Å². The molecule has 0 atom stereocenters. The van der Waals surface area contributed by atoms with Crippen molar-refractivity contribution in [1.82, 2.24) is 4.90 Å². The topological polar surface area (TPSA) is 46.6 Å². The first-order valence-electron chi connectivity index (χ1n) is 6.02. The van der Waals surface area contributed by atoms with Gasteiger partial charge in [-0.25, -0.2) is 4.79 Å². The molecule has 0 unspecified atom stereocenters. The van der Waals surface area contributed by atoms with E-state index in [4.69, 9.17) is 9.53 Å². The third kappa shape index (κ3) is 5.20. The van der Waals surface area contributed by atoms with Gasteiger partial charge < -0.3 is 14.4 Å². The molecule has 0 spiro atoms. The lowest BCUT2D eigenvalue weighted by Crippen LogP contribution is -2.52. The Labute approximate surface area is 104 Å². The molecule has 0 aromatic carbocycles. The maximum absolute atomic E-state index is 11.9. The fourth-order valence-electron chi connectivity index (χ4n) is 1.92. The van der Waals surface area contributed by atoms with E-state index in [2.05, 4.69) is 13.8 Å². The van der Waals surface area contributed by atoms with E-state index in [1.165, 1.54) is 6.42 Å². The first kappa shape index (κ1) is 15.9. The van der Waals surface area contributed by atoms with Crippen LogP contribution < -0.4 is 0 Å². The normalized spacial score (nSPS) is 19.0. The van der Waals surface area contributed by atoms with E-state index < -0.39 is 5.60 Å². The Morgan fingerprint density at radius 1 is 1.24 bits per heavy atom. The Kier molecular flexibility index (Phi) is 5.66. The molecule has 1 fully saturated rings. The molecule has 100 valence electrons. The van der Waals surface area contributed by atoms with Crippen LogP contribution in [0.2, 0.25) is 0 Å². The minimum Gasteiger partial charge on any atom is -0.444 e. The molecule has 0 aromatic heterocycles. The van der Waals surface area contributed by atoms with Crippen molar-refractivity contribution in [1.29, 1.82) is 0 Å². The fraction of sp³-hybridized carbons (Fsp3) is 0.846. The molecule has 0 aromatic rings. The van der Waals surface area contributed by atoms with E-state index in [1.807, 2.05) is 32.5 Å². The molecule has 4 nitrogen and oxygen atoms in total. The van der Waals surface area contributed by atoms with Gasteiger partial charge in [-0.15, -0.1) is 0 Å². The molecule has 1 heterocycles. The Hall–Kier alpha value is -1.06. The van der Waals surface area contributed by atoms with Crippen LogP contribution in [0.4, 0.5) is 4.79 Å². The number of carbonyl (C=O) groups is 2. The summed E-state index contributed by atoms with van der Waals surface area (Å²) in [5.41, 5.74) is -0.453. The van der Waals surface area contributed by atoms with Gasteiger partial charge in [0.1, 0.15) is 12.4 Å². The van der Waals surface area contributed by atoms with Gasteiger partial charge in [0.05, 0.1) is 0 Å². The summed E-state index contributed by atoms with van der Waals surface area (Å²) in [7, 11) is 0. The van der Waals surface area contributed by atoms with Gasteiger partial charge in [-0.05, 0) is 53.9 Å². The van der Waals surface area contributed by atoms with E-state index in [-0.39, 0.29) is 11.6 Å². The molecule has 17 heavy (non-hydrogen) atoms. The van der Waals surface area contributed by atoms with Gasteiger partial charge in [0.15, 0.2) is 0 Å². The number of amides is 1. The van der Waals surface area contributed by atoms with Crippen molar-refractivity contribution in [2.75, 3.05) is 6.54 Å². The molecule has 0 saturated carbocycles. The highest BCUT2D eigenvalue weighted by molar-refractivity contribution is 5.69. The van der Waals surface area contributed by atoms with Gasteiger partial charge >= 0.3 is 6.09 Å². The van der Waals surface area contributed by atoms with E-state index in [0.29, 0.717) is 0 Å². The summed E-state index contributed by atoms with van der Waals surface area (Å²) in [5.74, 6) is 0. The van der Waals surface area contributed by atoms with Gasteiger partial charge in [0.25, 0.3) is 0 Å². The highest BCUT2D eigenvalue weighted by atomic mass is 16.6. The highest BCUT2D eigenvalue weighted by Gasteiger charge is 2.35. The summed E-state index contributed by atoms with van der Waals surface area (Å²) in [5, 5.41) is 0. The highest BCUT2D eigenvalue weighted by Crippen LogP contribution is 2.28. The van der Waals surface area contributed by atoms with Crippen LogP contribution in [0.15, 0.2) is 0 Å². The predicted octanol–water partition coefficient (Wildman–Crippen LogP) is 3.00. The third-order valence-electron chi connectivity index (χ3n) is 2.76. The number of hydrogen-bond acceptors (Lipinski definition) is 3. The average molecular weight is 243 g/mol. The van der Waals surface area contributed by atoms with Gasteiger partial charge in [0.2, 0.25) is 0 Å². The molecule has 0 aliphatic carbocycles. The van der Waals surface area contributed by atoms with Crippen LogP contribution in [0.25, 0.3) is 0 Å². The lowest BCUT2D eigenvalue weighted by atomic mass is 9.91. The minimum atomic E-state index is -0.398. The van der Waals surface area contributed by atoms with Crippen molar-refractivity contribution in [3.63, 3.8) is 0 Å². The van der Waals surface area contributed by atoms with E-state index in [1.54, 1.807) is 0 Å². The number of piperidine rings is 1. The molecule has 4 heteroatoms. The zero-order valence-electron chi connectivity index (χ0n) is 11.7. The molecular weight excluding hydrogens is 218 g/mol. The number of hydrogen-bond donors (Lipinski definition) is 0. The summed E-state index contributed by atoms with van der Waals surface area (Å²) in [4.78, 5) is 21.8. The van der Waals surface area contributed by atoms with Crippen LogP contribution in [0.1, 0.15) is 53.9 Å². The van der Waals surface area contributed by atoms with E-state index in [0.717, 1.165) is 19.4 Å². The summed E-state index contributed by atoms with van der Waals surface area (Å²) in [6.07, 6.45) is 3.17. The third-order valence-corrected chi connectivity index (χ3v) is 2.76. The molecular formula is C13H25NO3. The second-order valence-corrected chi connectivity index (χ2v) is 5.90. The van der Waals surface area contributed by atoms with Gasteiger partial charge in [-0.3, -0.25) is 0 Å². The van der Waals surface area contributed by atoms with Crippen molar-refractivity contribution in [3.05, 3.63) is 0 Å². The summed E-state index contributed by atoms with van der Waals surface area (Å²) in [6.45, 7) is 12.7. The molecule has 1 saturated heterocycles. The first-order valence-corrected chi connectivity index (χ1v) is 6.02. The Morgan fingerprint density at radius 2 is 1.76 bits per heavy atom. The molecule has 0 N–H and O–H groups in total. The van der Waals surface area contributed by atoms with Crippen molar-refractivity contribution < 1.29 is 14.3 Å². The fourth-order valence-corrected chi connectivity index (χ4v) is 1.92. The second-order valence-electron chi connectivity index (χ2n) is 5.90. The van der Waals surface area contributed by atoms with Crippen LogP contribution in [0, 0.1) is 0 Å². The SMILES string of the molecule is C=O.CC(C)(C)OC(=O)N1CCCCC1(C)C. The molecule has 0 radical (unpaired) electrons. The number of carbonyl (C=O) groups excluding carboxylic acids is 2. The zero-order valence-corrected chi connectivity index (χ0v) is 11.7. The molecule has 1 rings (SSSR count). The maximum Gasteiger partial charge on any atom is 0.410 e. The van der Waals surface area contributed by atoms with Gasteiger partial charge in [-0.2, -0.15) is 0 Å². The number of ether oxygens (including phenoxy) is 1. The van der Waals surface area contributed by atoms with Crippen molar-refractivity contribution in [3.8, 4) is 0 Å². The van der Waals surface area contributed by atoms with Gasteiger partial charge in [0, 0.05) is 12.1 Å². The van der Waals surface area contributed by atoms with Crippen molar-refractivity contribution in [2.24, 2.45) is 0 Å². The maximum atomic E-state index is 11.9. The van der Waals surface area contributed by atoms with Crippen LogP contribution in [0.5, 0.6) is 0 Å². The number of likely N-dealkylation sites (tertiary alicyclic amines) is 1. The molecule has 0 bridgehead atoms. The first-order chi connectivity index (χ1) is 7.72. The summed E-state index contributed by atoms with van der Waals surface area (Å²) < 4.78 is 5.40. The number of nitrogens with zero attached hydrogens (tertiary/aromatic N) is 1.